The molecule has 1 N–H and O–H groups in total. The number of hydrogen-bond acceptors (Lipinski definition) is 4. The lowest BCUT2D eigenvalue weighted by molar-refractivity contribution is -0.128. The van der Waals surface area contributed by atoms with Gasteiger partial charge >= 0.3 is 0 Å². The third-order valence-corrected chi connectivity index (χ3v) is 4.73. The van der Waals surface area contributed by atoms with E-state index in [0.29, 0.717) is 29.1 Å². The van der Waals surface area contributed by atoms with E-state index in [1.165, 1.54) is 11.8 Å². The van der Waals surface area contributed by atoms with Gasteiger partial charge in [0.2, 0.25) is 5.91 Å². The minimum atomic E-state index is -0.183. The Morgan fingerprint density at radius 3 is 2.60 bits per heavy atom. The molecule has 128 valence electrons. The Bertz CT molecular complexity index is 925. The number of aromatic amines is 1. The molecule has 25 heavy (non-hydrogen) atoms. The molecule has 0 fully saturated rings. The first kappa shape index (κ1) is 17.2. The smallest absolute Gasteiger partial charge is 0.259 e. The second kappa shape index (κ2) is 7.98. The van der Waals surface area contributed by atoms with Crippen LogP contribution in [0.4, 0.5) is 0 Å². The molecule has 1 amide bonds. The number of carbonyl (C=O) groups is 1. The Morgan fingerprint density at radius 2 is 1.84 bits per heavy atom. The minimum absolute atomic E-state index is 0.0205. The lowest BCUT2D eigenvalue weighted by Crippen LogP contribution is -2.31. The number of carbonyl (C=O) groups excluding carboxylic acids is 1. The van der Waals surface area contributed by atoms with Gasteiger partial charge in [0.1, 0.15) is 0 Å². The lowest BCUT2D eigenvalue weighted by atomic mass is 10.2. The fourth-order valence-electron chi connectivity index (χ4n) is 2.53. The summed E-state index contributed by atoms with van der Waals surface area (Å²) < 4.78 is 0. The van der Waals surface area contributed by atoms with Crippen LogP contribution in [0.2, 0.25) is 0 Å². The van der Waals surface area contributed by atoms with Crippen molar-refractivity contribution < 1.29 is 4.79 Å². The molecule has 0 aliphatic rings. The number of thioether (sulfide) groups is 1. The number of hydrogen-bond donors (Lipinski definition) is 1. The maximum atomic E-state index is 12.5. The number of benzene rings is 2. The first-order valence-electron chi connectivity index (χ1n) is 8.11. The van der Waals surface area contributed by atoms with Gasteiger partial charge in [-0.15, -0.1) is 0 Å². The van der Waals surface area contributed by atoms with Crippen LogP contribution in [0.1, 0.15) is 12.5 Å². The molecule has 0 saturated heterocycles. The number of para-hydroxylation sites is 1. The van der Waals surface area contributed by atoms with Gasteiger partial charge in [0.05, 0.1) is 16.7 Å². The van der Waals surface area contributed by atoms with E-state index >= 15 is 0 Å². The molecule has 1 aromatic heterocycles. The van der Waals surface area contributed by atoms with Crippen molar-refractivity contribution in [3.8, 4) is 0 Å². The first-order chi connectivity index (χ1) is 12.2. The average Bonchev–Trinajstić information content (AvgIpc) is 2.65. The SMILES string of the molecule is CCN(Cc1ccccc1)C(=O)CSc1nc2ccccc2c(=O)[nH]1. The van der Waals surface area contributed by atoms with Gasteiger partial charge < -0.3 is 9.88 Å². The van der Waals surface area contributed by atoms with Crippen molar-refractivity contribution >= 4 is 28.6 Å². The molecule has 3 rings (SSSR count). The molecule has 3 aromatic rings. The maximum Gasteiger partial charge on any atom is 0.259 e. The molecule has 0 radical (unpaired) electrons. The van der Waals surface area contributed by atoms with Gasteiger partial charge in [0.15, 0.2) is 5.16 Å². The number of aromatic nitrogens is 2. The topological polar surface area (TPSA) is 66.1 Å². The van der Waals surface area contributed by atoms with Crippen LogP contribution in [0.3, 0.4) is 0 Å². The minimum Gasteiger partial charge on any atom is -0.338 e. The summed E-state index contributed by atoms with van der Waals surface area (Å²) in [6.07, 6.45) is 0. The molecule has 0 aliphatic heterocycles. The third-order valence-electron chi connectivity index (χ3n) is 3.87. The molecule has 0 aliphatic carbocycles. The van der Waals surface area contributed by atoms with Gasteiger partial charge in [-0.3, -0.25) is 9.59 Å². The molecule has 0 unspecified atom stereocenters. The number of H-pyrrole nitrogens is 1. The molecule has 0 saturated carbocycles. The van der Waals surface area contributed by atoms with Crippen molar-refractivity contribution in [2.24, 2.45) is 0 Å². The van der Waals surface area contributed by atoms with Crippen LogP contribution in [0, 0.1) is 0 Å². The molecule has 0 spiro atoms. The summed E-state index contributed by atoms with van der Waals surface area (Å²) in [5, 5.41) is 1.02. The average molecular weight is 353 g/mol. The first-order valence-corrected chi connectivity index (χ1v) is 9.09. The maximum absolute atomic E-state index is 12.5. The summed E-state index contributed by atoms with van der Waals surface area (Å²) in [5.41, 5.74) is 1.55. The highest BCUT2D eigenvalue weighted by atomic mass is 32.2. The summed E-state index contributed by atoms with van der Waals surface area (Å²) in [6.45, 7) is 3.18. The standard InChI is InChI=1S/C19H19N3O2S/c1-2-22(12-14-8-4-3-5-9-14)17(23)13-25-19-20-16-11-7-6-10-15(16)18(24)21-19/h3-11H,2,12-13H2,1H3,(H,20,21,24). The van der Waals surface area contributed by atoms with E-state index in [2.05, 4.69) is 9.97 Å². The van der Waals surface area contributed by atoms with E-state index in [0.717, 1.165) is 5.56 Å². The molecule has 0 bridgehead atoms. The number of nitrogens with zero attached hydrogens (tertiary/aromatic N) is 2. The van der Waals surface area contributed by atoms with Crippen molar-refractivity contribution in [2.45, 2.75) is 18.6 Å². The second-order valence-electron chi connectivity index (χ2n) is 5.57. The molecule has 2 aromatic carbocycles. The molecular weight excluding hydrogens is 334 g/mol. The van der Waals surface area contributed by atoms with Gasteiger partial charge in [-0.25, -0.2) is 4.98 Å². The highest BCUT2D eigenvalue weighted by Crippen LogP contribution is 2.16. The van der Waals surface area contributed by atoms with Gasteiger partial charge in [-0.1, -0.05) is 54.2 Å². The van der Waals surface area contributed by atoms with E-state index in [9.17, 15) is 9.59 Å². The molecule has 6 heteroatoms. The van der Waals surface area contributed by atoms with E-state index in [-0.39, 0.29) is 17.2 Å². The van der Waals surface area contributed by atoms with Crippen molar-refractivity contribution in [1.82, 2.24) is 14.9 Å². The zero-order valence-electron chi connectivity index (χ0n) is 13.9. The monoisotopic (exact) mass is 353 g/mol. The molecule has 1 heterocycles. The molecule has 5 nitrogen and oxygen atoms in total. The van der Waals surface area contributed by atoms with Crippen LogP contribution in [-0.4, -0.2) is 33.1 Å². The predicted octanol–water partition coefficient (Wildman–Crippen LogP) is 3.06. The van der Waals surface area contributed by atoms with Crippen LogP contribution in [0.5, 0.6) is 0 Å². The Kier molecular flexibility index (Phi) is 5.50. The highest BCUT2D eigenvalue weighted by Gasteiger charge is 2.14. The van der Waals surface area contributed by atoms with Crippen molar-refractivity contribution in [1.29, 1.82) is 0 Å². The summed E-state index contributed by atoms with van der Waals surface area (Å²) in [4.78, 5) is 33.5. The summed E-state index contributed by atoms with van der Waals surface area (Å²) in [5.74, 6) is 0.259. The zero-order valence-corrected chi connectivity index (χ0v) is 14.8. The quantitative estimate of drug-likeness (QED) is 0.546. The number of nitrogens with one attached hydrogen (secondary N) is 1. The normalized spacial score (nSPS) is 10.8. The van der Waals surface area contributed by atoms with Crippen LogP contribution in [-0.2, 0) is 11.3 Å². The Labute approximate surface area is 150 Å². The van der Waals surface area contributed by atoms with Crippen LogP contribution in [0.15, 0.2) is 64.5 Å². The van der Waals surface area contributed by atoms with Gasteiger partial charge in [0, 0.05) is 13.1 Å². The number of fused-ring (bicyclic) bond motifs is 1. The van der Waals surface area contributed by atoms with Crippen LogP contribution >= 0.6 is 11.8 Å². The number of rotatable bonds is 6. The summed E-state index contributed by atoms with van der Waals surface area (Å²) in [6, 6.07) is 17.1. The third kappa shape index (κ3) is 4.28. The van der Waals surface area contributed by atoms with Crippen LogP contribution < -0.4 is 5.56 Å². The fraction of sp³-hybridized carbons (Fsp3) is 0.211. The van der Waals surface area contributed by atoms with E-state index in [1.54, 1.807) is 23.1 Å². The van der Waals surface area contributed by atoms with E-state index in [1.807, 2.05) is 43.3 Å². The Hall–Kier alpha value is -2.60. The van der Waals surface area contributed by atoms with Gasteiger partial charge in [-0.05, 0) is 24.6 Å². The largest absolute Gasteiger partial charge is 0.338 e. The second-order valence-corrected chi connectivity index (χ2v) is 6.53. The molecule has 0 atom stereocenters. The Balaban J connectivity index is 1.67. The summed E-state index contributed by atoms with van der Waals surface area (Å²) in [7, 11) is 0. The predicted molar refractivity (Wildman–Crippen MR) is 101 cm³/mol. The van der Waals surface area contributed by atoms with Crippen molar-refractivity contribution in [2.75, 3.05) is 12.3 Å². The fourth-order valence-corrected chi connectivity index (χ4v) is 3.31. The van der Waals surface area contributed by atoms with Crippen molar-refractivity contribution in [3.63, 3.8) is 0 Å². The number of amides is 1. The Morgan fingerprint density at radius 1 is 1.12 bits per heavy atom. The van der Waals surface area contributed by atoms with E-state index < -0.39 is 0 Å². The van der Waals surface area contributed by atoms with E-state index in [4.69, 9.17) is 0 Å². The zero-order chi connectivity index (χ0) is 17.6. The van der Waals surface area contributed by atoms with Gasteiger partial charge in [-0.2, -0.15) is 0 Å². The van der Waals surface area contributed by atoms with Crippen molar-refractivity contribution in [3.05, 3.63) is 70.5 Å². The summed E-state index contributed by atoms with van der Waals surface area (Å²) >= 11 is 1.25. The molecular formula is C19H19N3O2S. The van der Waals surface area contributed by atoms with Gasteiger partial charge in [0.25, 0.3) is 5.56 Å². The lowest BCUT2D eigenvalue weighted by Gasteiger charge is -2.20. The van der Waals surface area contributed by atoms with Crippen LogP contribution in [0.25, 0.3) is 10.9 Å². The highest BCUT2D eigenvalue weighted by molar-refractivity contribution is 7.99.